The first kappa shape index (κ1) is 19.4. The first-order valence-corrected chi connectivity index (χ1v) is 9.60. The molecule has 3 heterocycles. The third kappa shape index (κ3) is 3.68. The number of hydrogen-bond donors (Lipinski definition) is 3. The molecule has 0 aliphatic carbocycles. The van der Waals surface area contributed by atoms with E-state index in [-0.39, 0.29) is 24.0 Å². The molecule has 152 valence electrons. The normalized spacial score (nSPS) is 14.9. The van der Waals surface area contributed by atoms with Gasteiger partial charge in [0.05, 0.1) is 18.4 Å². The van der Waals surface area contributed by atoms with Crippen molar-refractivity contribution in [2.75, 3.05) is 29.9 Å². The Morgan fingerprint density at radius 3 is 2.55 bits per heavy atom. The van der Waals surface area contributed by atoms with Crippen LogP contribution < -0.4 is 10.2 Å². The lowest BCUT2D eigenvalue weighted by Gasteiger charge is -2.37. The lowest BCUT2D eigenvalue weighted by atomic mass is 9.85. The molecule has 4 rings (SSSR count). The van der Waals surface area contributed by atoms with E-state index in [0.717, 1.165) is 17.1 Å². The fraction of sp³-hybridized carbons (Fsp3) is 0.381. The van der Waals surface area contributed by atoms with Gasteiger partial charge in [0, 0.05) is 36.2 Å². The molecule has 1 aliphatic rings. The number of hydrogen-bond acceptors (Lipinski definition) is 6. The van der Waals surface area contributed by atoms with E-state index in [2.05, 4.69) is 15.4 Å². The van der Waals surface area contributed by atoms with Gasteiger partial charge in [-0.2, -0.15) is 9.61 Å². The van der Waals surface area contributed by atoms with Crippen molar-refractivity contribution in [1.29, 1.82) is 0 Å². The number of aliphatic hydroxyl groups is 2. The van der Waals surface area contributed by atoms with Gasteiger partial charge in [0.1, 0.15) is 11.6 Å². The minimum absolute atomic E-state index is 0.0290. The second kappa shape index (κ2) is 7.13. The van der Waals surface area contributed by atoms with E-state index < -0.39 is 0 Å². The third-order valence-corrected chi connectivity index (χ3v) is 5.28. The van der Waals surface area contributed by atoms with Crippen molar-refractivity contribution in [3.8, 4) is 0 Å². The summed E-state index contributed by atoms with van der Waals surface area (Å²) in [7, 11) is 0. The Labute approximate surface area is 168 Å². The Balaban J connectivity index is 1.59. The van der Waals surface area contributed by atoms with E-state index in [1.807, 2.05) is 43.9 Å². The van der Waals surface area contributed by atoms with Crippen LogP contribution in [0.25, 0.3) is 5.65 Å². The van der Waals surface area contributed by atoms with Crippen LogP contribution in [-0.2, 0) is 5.41 Å². The number of carbonyl (C=O) groups excluding carboxylic acids is 1. The minimum Gasteiger partial charge on any atom is -0.395 e. The molecule has 0 bridgehead atoms. The zero-order valence-corrected chi connectivity index (χ0v) is 16.8. The van der Waals surface area contributed by atoms with Crippen LogP contribution >= 0.6 is 0 Å². The van der Waals surface area contributed by atoms with Crippen LogP contribution in [-0.4, -0.2) is 56.5 Å². The number of aliphatic hydroxyl groups excluding tert-OH is 2. The first-order chi connectivity index (χ1) is 13.8. The predicted octanol–water partition coefficient (Wildman–Crippen LogP) is 1.74. The zero-order chi connectivity index (χ0) is 20.8. The molecule has 1 aliphatic heterocycles. The number of nitrogens with zero attached hydrogens (tertiary/aromatic N) is 4. The summed E-state index contributed by atoms with van der Waals surface area (Å²) in [5, 5.41) is 26.5. The number of nitrogens with one attached hydrogen (secondary N) is 1. The highest BCUT2D eigenvalue weighted by Crippen LogP contribution is 2.26. The van der Waals surface area contributed by atoms with Crippen molar-refractivity contribution in [3.63, 3.8) is 0 Å². The van der Waals surface area contributed by atoms with Crippen molar-refractivity contribution < 1.29 is 15.0 Å². The van der Waals surface area contributed by atoms with E-state index in [1.54, 1.807) is 22.7 Å². The van der Waals surface area contributed by atoms with E-state index >= 15 is 0 Å². The van der Waals surface area contributed by atoms with Crippen molar-refractivity contribution in [2.45, 2.75) is 32.3 Å². The van der Waals surface area contributed by atoms with Gasteiger partial charge in [-0.1, -0.05) is 26.0 Å². The van der Waals surface area contributed by atoms with Gasteiger partial charge < -0.3 is 20.4 Å². The van der Waals surface area contributed by atoms with Crippen LogP contribution in [0.2, 0.25) is 0 Å². The zero-order valence-electron chi connectivity index (χ0n) is 16.8. The molecule has 3 N–H and O–H groups in total. The monoisotopic (exact) mass is 395 g/mol. The Kier molecular flexibility index (Phi) is 4.76. The van der Waals surface area contributed by atoms with Crippen LogP contribution in [0.5, 0.6) is 0 Å². The van der Waals surface area contributed by atoms with Gasteiger partial charge >= 0.3 is 0 Å². The summed E-state index contributed by atoms with van der Waals surface area (Å²) in [6, 6.07) is 10.8. The minimum atomic E-state index is -0.363. The van der Waals surface area contributed by atoms with Crippen molar-refractivity contribution in [1.82, 2.24) is 14.6 Å². The summed E-state index contributed by atoms with van der Waals surface area (Å²) in [5.41, 5.74) is 2.57. The number of fused-ring (bicyclic) bond motifs is 1. The Bertz CT molecular complexity index is 1050. The molecule has 0 radical (unpaired) electrons. The summed E-state index contributed by atoms with van der Waals surface area (Å²) in [5.74, 6) is 0.948. The summed E-state index contributed by atoms with van der Waals surface area (Å²) in [4.78, 5) is 19.2. The van der Waals surface area contributed by atoms with Crippen molar-refractivity contribution in [2.24, 2.45) is 0 Å². The van der Waals surface area contributed by atoms with Gasteiger partial charge in [-0.15, -0.1) is 0 Å². The summed E-state index contributed by atoms with van der Waals surface area (Å²) in [6.07, 6.45) is -0.352. The molecule has 29 heavy (non-hydrogen) atoms. The maximum absolute atomic E-state index is 12.7. The van der Waals surface area contributed by atoms with E-state index in [0.29, 0.717) is 30.1 Å². The SMILES string of the molecule is Cc1cc2nc(NC(=O)c3ccc(C(C)(C)CO)cc3)cc(N3CC(O)C3)n2n1. The highest BCUT2D eigenvalue weighted by Gasteiger charge is 2.27. The molecule has 1 fully saturated rings. The first-order valence-electron chi connectivity index (χ1n) is 9.60. The number of carbonyl (C=O) groups is 1. The molecule has 1 amide bonds. The van der Waals surface area contributed by atoms with Gasteiger partial charge in [-0.25, -0.2) is 4.98 Å². The Hall–Kier alpha value is -2.97. The molecule has 0 saturated carbocycles. The summed E-state index contributed by atoms with van der Waals surface area (Å²) >= 11 is 0. The largest absolute Gasteiger partial charge is 0.395 e. The lowest BCUT2D eigenvalue weighted by molar-refractivity contribution is 0.102. The smallest absolute Gasteiger partial charge is 0.256 e. The van der Waals surface area contributed by atoms with Gasteiger partial charge in [-0.3, -0.25) is 4.79 Å². The average molecular weight is 395 g/mol. The number of aromatic nitrogens is 3. The number of aryl methyl sites for hydroxylation is 1. The fourth-order valence-electron chi connectivity index (χ4n) is 3.36. The van der Waals surface area contributed by atoms with E-state index in [9.17, 15) is 15.0 Å². The quantitative estimate of drug-likeness (QED) is 0.608. The topological polar surface area (TPSA) is 103 Å². The summed E-state index contributed by atoms with van der Waals surface area (Å²) in [6.45, 7) is 6.85. The molecule has 8 nitrogen and oxygen atoms in total. The molecular formula is C21H25N5O3. The van der Waals surface area contributed by atoms with Crippen molar-refractivity contribution in [3.05, 3.63) is 53.2 Å². The second-order valence-electron chi connectivity index (χ2n) is 8.19. The molecule has 8 heteroatoms. The number of amides is 1. The molecule has 1 saturated heterocycles. The highest BCUT2D eigenvalue weighted by molar-refractivity contribution is 6.04. The van der Waals surface area contributed by atoms with Gasteiger partial charge in [0.25, 0.3) is 5.91 Å². The molecule has 3 aromatic rings. The van der Waals surface area contributed by atoms with Crippen LogP contribution in [0.15, 0.2) is 36.4 Å². The molecule has 0 unspecified atom stereocenters. The molecular weight excluding hydrogens is 370 g/mol. The number of rotatable bonds is 5. The van der Waals surface area contributed by atoms with E-state index in [4.69, 9.17) is 0 Å². The molecule has 1 aromatic carbocycles. The average Bonchev–Trinajstić information content (AvgIpc) is 3.05. The van der Waals surface area contributed by atoms with Crippen LogP contribution in [0.1, 0.15) is 35.5 Å². The lowest BCUT2D eigenvalue weighted by Crippen LogP contribution is -2.51. The predicted molar refractivity (Wildman–Crippen MR) is 110 cm³/mol. The summed E-state index contributed by atoms with van der Waals surface area (Å²) < 4.78 is 1.72. The number of benzene rings is 1. The molecule has 0 spiro atoms. The van der Waals surface area contributed by atoms with E-state index in [1.165, 1.54) is 0 Å². The molecule has 0 atom stereocenters. The van der Waals surface area contributed by atoms with Gasteiger partial charge in [-0.05, 0) is 24.6 Å². The fourth-order valence-corrected chi connectivity index (χ4v) is 3.36. The van der Waals surface area contributed by atoms with Gasteiger partial charge in [0.2, 0.25) is 0 Å². The second-order valence-corrected chi connectivity index (χ2v) is 8.19. The Morgan fingerprint density at radius 1 is 1.24 bits per heavy atom. The van der Waals surface area contributed by atoms with Crippen LogP contribution in [0.4, 0.5) is 11.6 Å². The molecule has 2 aromatic heterocycles. The highest BCUT2D eigenvalue weighted by atomic mass is 16.3. The van der Waals surface area contributed by atoms with Crippen molar-refractivity contribution >= 4 is 23.2 Å². The third-order valence-electron chi connectivity index (χ3n) is 5.28. The van der Waals surface area contributed by atoms with Crippen LogP contribution in [0.3, 0.4) is 0 Å². The standard InChI is InChI=1S/C21H25N5O3/c1-13-8-18-22-17(9-19(26(18)24-13)25-10-16(28)11-25)23-20(29)14-4-6-15(7-5-14)21(2,3)12-27/h4-9,16,27-28H,10-12H2,1-3H3,(H,22,23,29). The maximum atomic E-state index is 12.7. The van der Waals surface area contributed by atoms with Gasteiger partial charge in [0.15, 0.2) is 5.65 Å². The number of β-amino-alcohol motifs (C(OH)–C–C–N with tert-alkyl or cyclic N) is 1. The maximum Gasteiger partial charge on any atom is 0.256 e. The Morgan fingerprint density at radius 2 is 1.93 bits per heavy atom. The van der Waals surface area contributed by atoms with Crippen LogP contribution in [0, 0.1) is 6.92 Å². The number of anilines is 2.